The number of nitrogens with one attached hydrogen (secondary N) is 2. The number of benzene rings is 1. The molecular formula is C15H19ClN2O2. The first-order valence-electron chi connectivity index (χ1n) is 6.80. The number of aromatic amines is 1. The Balaban J connectivity index is 1.93. The minimum atomic E-state index is -0.342. The first kappa shape index (κ1) is 14.9. The van der Waals surface area contributed by atoms with Crippen LogP contribution in [0.25, 0.3) is 10.9 Å². The van der Waals surface area contributed by atoms with Gasteiger partial charge in [0, 0.05) is 28.7 Å². The van der Waals surface area contributed by atoms with Gasteiger partial charge in [-0.25, -0.2) is 0 Å². The van der Waals surface area contributed by atoms with Crippen LogP contribution >= 0.6 is 11.6 Å². The van der Waals surface area contributed by atoms with E-state index < -0.39 is 0 Å². The molecule has 0 radical (unpaired) electrons. The maximum atomic E-state index is 11.9. The van der Waals surface area contributed by atoms with E-state index in [2.05, 4.69) is 10.3 Å². The lowest BCUT2D eigenvalue weighted by Gasteiger charge is -2.08. The van der Waals surface area contributed by atoms with E-state index in [-0.39, 0.29) is 12.0 Å². The number of rotatable bonds is 6. The highest BCUT2D eigenvalue weighted by atomic mass is 35.5. The second-order valence-electron chi connectivity index (χ2n) is 4.88. The summed E-state index contributed by atoms with van der Waals surface area (Å²) in [4.78, 5) is 15.0. The summed E-state index contributed by atoms with van der Waals surface area (Å²) < 4.78 is 0. The summed E-state index contributed by atoms with van der Waals surface area (Å²) in [6, 6.07) is 5.57. The lowest BCUT2D eigenvalue weighted by Crippen LogP contribution is -2.28. The van der Waals surface area contributed by atoms with Crippen molar-refractivity contribution in [3.63, 3.8) is 0 Å². The van der Waals surface area contributed by atoms with Crippen molar-refractivity contribution in [2.75, 3.05) is 6.54 Å². The number of fused-ring (bicyclic) bond motifs is 1. The van der Waals surface area contributed by atoms with Crippen LogP contribution in [0.5, 0.6) is 0 Å². The van der Waals surface area contributed by atoms with Gasteiger partial charge in [-0.15, -0.1) is 0 Å². The summed E-state index contributed by atoms with van der Waals surface area (Å²) >= 11 is 5.92. The SMILES string of the molecule is CCC(O)CCNC(=O)Cc1c[nH]c2cc(Cl)ccc12. The first-order valence-corrected chi connectivity index (χ1v) is 7.18. The molecule has 1 heterocycles. The van der Waals surface area contributed by atoms with Crippen LogP contribution in [0.1, 0.15) is 25.3 Å². The van der Waals surface area contributed by atoms with Gasteiger partial charge in [0.15, 0.2) is 0 Å². The predicted octanol–water partition coefficient (Wildman–Crippen LogP) is 2.64. The quantitative estimate of drug-likeness (QED) is 0.767. The van der Waals surface area contributed by atoms with Crippen LogP contribution < -0.4 is 5.32 Å². The number of carbonyl (C=O) groups is 1. The van der Waals surface area contributed by atoms with E-state index in [1.54, 1.807) is 0 Å². The number of hydrogen-bond acceptors (Lipinski definition) is 2. The van der Waals surface area contributed by atoms with E-state index >= 15 is 0 Å². The largest absolute Gasteiger partial charge is 0.393 e. The number of H-pyrrole nitrogens is 1. The van der Waals surface area contributed by atoms with E-state index in [4.69, 9.17) is 11.6 Å². The Kier molecular flexibility index (Phi) is 5.04. The van der Waals surface area contributed by atoms with Crippen molar-refractivity contribution in [3.8, 4) is 0 Å². The van der Waals surface area contributed by atoms with E-state index in [1.807, 2.05) is 31.3 Å². The van der Waals surface area contributed by atoms with Crippen molar-refractivity contribution in [1.82, 2.24) is 10.3 Å². The Morgan fingerprint density at radius 2 is 2.30 bits per heavy atom. The Morgan fingerprint density at radius 1 is 1.50 bits per heavy atom. The summed E-state index contributed by atoms with van der Waals surface area (Å²) in [5, 5.41) is 13.9. The fraction of sp³-hybridized carbons (Fsp3) is 0.400. The van der Waals surface area contributed by atoms with Crippen LogP contribution in [0.15, 0.2) is 24.4 Å². The smallest absolute Gasteiger partial charge is 0.224 e. The molecule has 20 heavy (non-hydrogen) atoms. The van der Waals surface area contributed by atoms with E-state index in [9.17, 15) is 9.90 Å². The zero-order chi connectivity index (χ0) is 14.5. The van der Waals surface area contributed by atoms with Gasteiger partial charge in [-0.05, 0) is 30.5 Å². The molecule has 108 valence electrons. The van der Waals surface area contributed by atoms with Gasteiger partial charge < -0.3 is 15.4 Å². The van der Waals surface area contributed by atoms with Gasteiger partial charge in [-0.3, -0.25) is 4.79 Å². The maximum Gasteiger partial charge on any atom is 0.224 e. The zero-order valence-electron chi connectivity index (χ0n) is 11.4. The molecule has 0 aliphatic carbocycles. The molecule has 1 unspecified atom stereocenters. The van der Waals surface area contributed by atoms with Crippen molar-refractivity contribution in [3.05, 3.63) is 35.0 Å². The van der Waals surface area contributed by atoms with E-state index in [0.29, 0.717) is 30.8 Å². The highest BCUT2D eigenvalue weighted by Gasteiger charge is 2.09. The lowest BCUT2D eigenvalue weighted by atomic mass is 10.1. The molecular weight excluding hydrogens is 276 g/mol. The molecule has 2 aromatic rings. The van der Waals surface area contributed by atoms with Gasteiger partial charge in [0.1, 0.15) is 0 Å². The average molecular weight is 295 g/mol. The highest BCUT2D eigenvalue weighted by molar-refractivity contribution is 6.31. The molecule has 0 aliphatic rings. The zero-order valence-corrected chi connectivity index (χ0v) is 12.2. The molecule has 0 spiro atoms. The fourth-order valence-electron chi connectivity index (χ4n) is 2.12. The van der Waals surface area contributed by atoms with Gasteiger partial charge in [0.05, 0.1) is 12.5 Å². The number of aromatic nitrogens is 1. The van der Waals surface area contributed by atoms with Gasteiger partial charge >= 0.3 is 0 Å². The van der Waals surface area contributed by atoms with Crippen LogP contribution in [-0.2, 0) is 11.2 Å². The van der Waals surface area contributed by atoms with Crippen LogP contribution in [0, 0.1) is 0 Å². The Morgan fingerprint density at radius 3 is 3.05 bits per heavy atom. The predicted molar refractivity (Wildman–Crippen MR) is 80.9 cm³/mol. The van der Waals surface area contributed by atoms with Crippen LogP contribution in [-0.4, -0.2) is 28.6 Å². The molecule has 2 rings (SSSR count). The number of hydrogen-bond donors (Lipinski definition) is 3. The van der Waals surface area contributed by atoms with Crippen molar-refractivity contribution >= 4 is 28.4 Å². The number of aliphatic hydroxyl groups is 1. The van der Waals surface area contributed by atoms with Gasteiger partial charge in [0.2, 0.25) is 5.91 Å². The third kappa shape index (κ3) is 3.74. The highest BCUT2D eigenvalue weighted by Crippen LogP contribution is 2.22. The monoisotopic (exact) mass is 294 g/mol. The van der Waals surface area contributed by atoms with Gasteiger partial charge in [0.25, 0.3) is 0 Å². The lowest BCUT2D eigenvalue weighted by molar-refractivity contribution is -0.120. The summed E-state index contributed by atoms with van der Waals surface area (Å²) in [7, 11) is 0. The molecule has 3 N–H and O–H groups in total. The topological polar surface area (TPSA) is 65.1 Å². The summed E-state index contributed by atoms with van der Waals surface area (Å²) in [5.41, 5.74) is 1.88. The molecule has 1 amide bonds. The van der Waals surface area contributed by atoms with Gasteiger partial charge in [-0.1, -0.05) is 24.6 Å². The van der Waals surface area contributed by atoms with E-state index in [0.717, 1.165) is 16.5 Å². The van der Waals surface area contributed by atoms with Crippen molar-refractivity contribution < 1.29 is 9.90 Å². The summed E-state index contributed by atoms with van der Waals surface area (Å²) in [5.74, 6) is -0.0378. The molecule has 4 nitrogen and oxygen atoms in total. The molecule has 0 fully saturated rings. The number of halogens is 1. The van der Waals surface area contributed by atoms with E-state index in [1.165, 1.54) is 0 Å². The molecule has 1 atom stereocenters. The molecule has 0 saturated heterocycles. The molecule has 0 bridgehead atoms. The summed E-state index contributed by atoms with van der Waals surface area (Å²) in [6.45, 7) is 2.42. The maximum absolute atomic E-state index is 11.9. The van der Waals surface area contributed by atoms with Crippen molar-refractivity contribution in [1.29, 1.82) is 0 Å². The van der Waals surface area contributed by atoms with Crippen LogP contribution in [0.4, 0.5) is 0 Å². The second kappa shape index (κ2) is 6.77. The van der Waals surface area contributed by atoms with Crippen LogP contribution in [0.3, 0.4) is 0 Å². The second-order valence-corrected chi connectivity index (χ2v) is 5.32. The van der Waals surface area contributed by atoms with Crippen molar-refractivity contribution in [2.24, 2.45) is 0 Å². The third-order valence-corrected chi connectivity index (χ3v) is 3.59. The van der Waals surface area contributed by atoms with Gasteiger partial charge in [-0.2, -0.15) is 0 Å². The summed E-state index contributed by atoms with van der Waals surface area (Å²) in [6.07, 6.45) is 3.11. The van der Waals surface area contributed by atoms with Crippen LogP contribution in [0.2, 0.25) is 5.02 Å². The first-order chi connectivity index (χ1) is 9.60. The molecule has 1 aromatic carbocycles. The molecule has 0 aliphatic heterocycles. The Bertz CT molecular complexity index is 595. The molecule has 5 heteroatoms. The Hall–Kier alpha value is -1.52. The standard InChI is InChI=1S/C15H19ClN2O2/c1-2-12(19)5-6-17-15(20)7-10-9-18-14-8-11(16)3-4-13(10)14/h3-4,8-9,12,18-19H,2,5-7H2,1H3,(H,17,20). The number of amides is 1. The third-order valence-electron chi connectivity index (χ3n) is 3.35. The Labute approximate surface area is 123 Å². The number of aliphatic hydroxyl groups excluding tert-OH is 1. The average Bonchev–Trinajstić information content (AvgIpc) is 2.80. The normalized spacial score (nSPS) is 12.6. The molecule has 0 saturated carbocycles. The minimum absolute atomic E-state index is 0.0378. The number of carbonyl (C=O) groups excluding carboxylic acids is 1. The van der Waals surface area contributed by atoms with Crippen molar-refractivity contribution in [2.45, 2.75) is 32.3 Å². The minimum Gasteiger partial charge on any atom is -0.393 e. The fourth-order valence-corrected chi connectivity index (χ4v) is 2.29. The molecule has 1 aromatic heterocycles.